The van der Waals surface area contributed by atoms with Crippen LogP contribution < -0.4 is 5.32 Å². The van der Waals surface area contributed by atoms with E-state index in [1.165, 1.54) is 16.9 Å². The fourth-order valence-electron chi connectivity index (χ4n) is 1.91. The van der Waals surface area contributed by atoms with Crippen LogP contribution in [0, 0.1) is 0 Å². The number of benzene rings is 1. The molecule has 0 radical (unpaired) electrons. The number of nitrogens with one attached hydrogen (secondary N) is 1. The number of nitrogens with zero attached hydrogens (tertiary/aromatic N) is 3. The molecule has 114 valence electrons. The van der Waals surface area contributed by atoms with E-state index in [1.807, 2.05) is 0 Å². The quantitative estimate of drug-likeness (QED) is 0.698. The zero-order chi connectivity index (χ0) is 15.9. The highest BCUT2D eigenvalue weighted by atomic mass is 35.5. The molecule has 0 atom stereocenters. The molecule has 2 N–H and O–H groups in total. The fourth-order valence-corrected chi connectivity index (χ4v) is 2.97. The maximum Gasteiger partial charge on any atom is 0.302 e. The molecular formula is C12H8Cl2N4O3S. The molecule has 0 fully saturated rings. The lowest BCUT2D eigenvalue weighted by atomic mass is 10.3. The van der Waals surface area contributed by atoms with E-state index in [-0.39, 0.29) is 16.5 Å². The molecule has 7 nitrogen and oxygen atoms in total. The normalized spacial score (nSPS) is 11.8. The number of aromatic nitrogens is 3. The van der Waals surface area contributed by atoms with Gasteiger partial charge in [-0.1, -0.05) is 29.3 Å². The van der Waals surface area contributed by atoms with Gasteiger partial charge in [-0.3, -0.25) is 4.55 Å². The van der Waals surface area contributed by atoms with Gasteiger partial charge >= 0.3 is 10.1 Å². The van der Waals surface area contributed by atoms with E-state index < -0.39 is 15.0 Å². The molecule has 0 saturated heterocycles. The van der Waals surface area contributed by atoms with Crippen LogP contribution in [-0.4, -0.2) is 27.6 Å². The molecule has 0 unspecified atom stereocenters. The van der Waals surface area contributed by atoms with Crippen LogP contribution in [0.2, 0.25) is 10.0 Å². The summed E-state index contributed by atoms with van der Waals surface area (Å²) in [5.41, 5.74) is 0.341. The molecule has 0 aliphatic carbocycles. The second kappa shape index (κ2) is 5.40. The minimum atomic E-state index is -4.54. The first-order chi connectivity index (χ1) is 10.4. The Bertz CT molecular complexity index is 972. The van der Waals surface area contributed by atoms with E-state index in [2.05, 4.69) is 15.4 Å². The van der Waals surface area contributed by atoms with Gasteiger partial charge in [0.25, 0.3) is 0 Å². The summed E-state index contributed by atoms with van der Waals surface area (Å²) in [6.07, 6.45) is 2.89. The maximum atomic E-state index is 11.6. The number of halogens is 2. The summed E-state index contributed by atoms with van der Waals surface area (Å²) in [5.74, 6) is -0.106. The summed E-state index contributed by atoms with van der Waals surface area (Å²) in [5, 5.41) is 7.30. The van der Waals surface area contributed by atoms with Crippen LogP contribution in [0.15, 0.2) is 41.6 Å². The van der Waals surface area contributed by atoms with Crippen molar-refractivity contribution in [3.05, 3.63) is 46.7 Å². The van der Waals surface area contributed by atoms with Gasteiger partial charge < -0.3 is 5.32 Å². The molecule has 0 saturated carbocycles. The van der Waals surface area contributed by atoms with Gasteiger partial charge in [-0.05, 0) is 18.2 Å². The second-order valence-corrected chi connectivity index (χ2v) is 6.41. The summed E-state index contributed by atoms with van der Waals surface area (Å²) < 4.78 is 33.9. The molecule has 2 heterocycles. The lowest BCUT2D eigenvalue weighted by Gasteiger charge is -2.07. The van der Waals surface area contributed by atoms with E-state index in [9.17, 15) is 13.0 Å². The number of fused-ring (bicyclic) bond motifs is 1. The molecule has 3 rings (SSSR count). The molecule has 0 aliphatic heterocycles. The summed E-state index contributed by atoms with van der Waals surface area (Å²) in [6.45, 7) is 0. The standard InChI is InChI=1S/C12H8Cl2N4O3S/c13-7-3-1-4-8(9(7)14)16-11-10(22(19,20)21)12-15-5-2-6-18(12)17-11/h1-6H,(H,16,17)(H,19,20,21). The highest BCUT2D eigenvalue weighted by Crippen LogP contribution is 2.34. The van der Waals surface area contributed by atoms with Crippen molar-refractivity contribution in [3.63, 3.8) is 0 Å². The molecule has 3 aromatic rings. The Labute approximate surface area is 135 Å². The van der Waals surface area contributed by atoms with Gasteiger partial charge in [-0.25, -0.2) is 9.50 Å². The van der Waals surface area contributed by atoms with Crippen molar-refractivity contribution in [1.29, 1.82) is 0 Å². The first-order valence-corrected chi connectivity index (χ1v) is 8.09. The third-order valence-electron chi connectivity index (χ3n) is 2.82. The number of anilines is 2. The van der Waals surface area contributed by atoms with Crippen molar-refractivity contribution < 1.29 is 13.0 Å². The van der Waals surface area contributed by atoms with E-state index in [4.69, 9.17) is 23.2 Å². The lowest BCUT2D eigenvalue weighted by Crippen LogP contribution is -2.03. The highest BCUT2D eigenvalue weighted by molar-refractivity contribution is 7.86. The van der Waals surface area contributed by atoms with Crippen molar-refractivity contribution in [3.8, 4) is 0 Å². The second-order valence-electron chi connectivity index (χ2n) is 4.27. The SMILES string of the molecule is O=S(=O)(O)c1c(Nc2cccc(Cl)c2Cl)nn2cccnc12. The molecule has 0 amide bonds. The van der Waals surface area contributed by atoms with E-state index in [1.54, 1.807) is 24.3 Å². The van der Waals surface area contributed by atoms with Gasteiger partial charge in [-0.2, -0.15) is 8.42 Å². The van der Waals surface area contributed by atoms with Crippen LogP contribution in [0.1, 0.15) is 0 Å². The minimum absolute atomic E-state index is 0.00866. The predicted molar refractivity (Wildman–Crippen MR) is 82.5 cm³/mol. The van der Waals surface area contributed by atoms with Gasteiger partial charge in [0.15, 0.2) is 16.4 Å². The Morgan fingerprint density at radius 1 is 1.23 bits per heavy atom. The van der Waals surface area contributed by atoms with Crippen molar-refractivity contribution in [2.45, 2.75) is 4.90 Å². The van der Waals surface area contributed by atoms with E-state index in [0.717, 1.165) is 0 Å². The summed E-state index contributed by atoms with van der Waals surface area (Å²) in [7, 11) is -4.54. The topological polar surface area (TPSA) is 96.6 Å². The van der Waals surface area contributed by atoms with Crippen LogP contribution in [-0.2, 0) is 10.1 Å². The molecule has 2 aromatic heterocycles. The van der Waals surface area contributed by atoms with Crippen LogP contribution in [0.4, 0.5) is 11.5 Å². The van der Waals surface area contributed by atoms with Gasteiger partial charge in [0.1, 0.15) is 0 Å². The summed E-state index contributed by atoms with van der Waals surface area (Å²) >= 11 is 12.0. The molecule has 10 heteroatoms. The molecule has 0 spiro atoms. The van der Waals surface area contributed by atoms with Crippen LogP contribution in [0.5, 0.6) is 0 Å². The average Bonchev–Trinajstić information content (AvgIpc) is 2.81. The molecule has 22 heavy (non-hydrogen) atoms. The van der Waals surface area contributed by atoms with Crippen molar-refractivity contribution >= 4 is 50.5 Å². The average molecular weight is 359 g/mol. The highest BCUT2D eigenvalue weighted by Gasteiger charge is 2.25. The van der Waals surface area contributed by atoms with Crippen molar-refractivity contribution in [1.82, 2.24) is 14.6 Å². The van der Waals surface area contributed by atoms with E-state index >= 15 is 0 Å². The largest absolute Gasteiger partial charge is 0.336 e. The first kappa shape index (κ1) is 15.0. The summed E-state index contributed by atoms with van der Waals surface area (Å²) in [4.78, 5) is 3.47. The zero-order valence-electron chi connectivity index (χ0n) is 10.7. The number of hydrogen-bond donors (Lipinski definition) is 2. The maximum absolute atomic E-state index is 11.6. The van der Waals surface area contributed by atoms with Gasteiger partial charge in [0, 0.05) is 12.4 Å². The Balaban J connectivity index is 2.21. The Morgan fingerprint density at radius 2 is 2.00 bits per heavy atom. The van der Waals surface area contributed by atoms with Crippen LogP contribution in [0.25, 0.3) is 5.65 Å². The fraction of sp³-hybridized carbons (Fsp3) is 0. The minimum Gasteiger partial charge on any atom is -0.336 e. The molecular weight excluding hydrogens is 351 g/mol. The number of rotatable bonds is 3. The monoisotopic (exact) mass is 358 g/mol. The van der Waals surface area contributed by atoms with Crippen molar-refractivity contribution in [2.75, 3.05) is 5.32 Å². The third kappa shape index (κ3) is 2.61. The van der Waals surface area contributed by atoms with Crippen LogP contribution in [0.3, 0.4) is 0 Å². The zero-order valence-corrected chi connectivity index (χ0v) is 13.1. The smallest absolute Gasteiger partial charge is 0.302 e. The molecule has 1 aromatic carbocycles. The molecule has 0 aliphatic rings. The van der Waals surface area contributed by atoms with Crippen molar-refractivity contribution in [2.24, 2.45) is 0 Å². The van der Waals surface area contributed by atoms with Crippen LogP contribution >= 0.6 is 23.2 Å². The predicted octanol–water partition coefficient (Wildman–Crippen LogP) is 3.03. The van der Waals surface area contributed by atoms with Gasteiger partial charge in [0.05, 0.1) is 15.7 Å². The summed E-state index contributed by atoms with van der Waals surface area (Å²) in [6, 6.07) is 6.39. The third-order valence-corrected chi connectivity index (χ3v) is 4.53. The van der Waals surface area contributed by atoms with Gasteiger partial charge in [0.2, 0.25) is 0 Å². The Kier molecular flexibility index (Phi) is 3.69. The molecule has 0 bridgehead atoms. The Morgan fingerprint density at radius 3 is 2.73 bits per heavy atom. The lowest BCUT2D eigenvalue weighted by molar-refractivity contribution is 0.484. The first-order valence-electron chi connectivity index (χ1n) is 5.90. The number of hydrogen-bond acceptors (Lipinski definition) is 5. The van der Waals surface area contributed by atoms with Gasteiger partial charge in [-0.15, -0.1) is 5.10 Å². The Hall–Kier alpha value is -1.87. The van der Waals surface area contributed by atoms with E-state index in [0.29, 0.717) is 10.7 Å².